The van der Waals surface area contributed by atoms with Gasteiger partial charge in [-0.15, -0.1) is 5.10 Å². The van der Waals surface area contributed by atoms with E-state index in [0.29, 0.717) is 26.2 Å². The third kappa shape index (κ3) is 3.15. The van der Waals surface area contributed by atoms with Crippen molar-refractivity contribution in [1.82, 2.24) is 5.01 Å². The average molecular weight is 370 g/mol. The monoisotopic (exact) mass is 368 g/mol. The van der Waals surface area contributed by atoms with E-state index >= 15 is 0 Å². The van der Waals surface area contributed by atoms with Crippen molar-refractivity contribution in [2.75, 3.05) is 0 Å². The second-order valence-corrected chi connectivity index (χ2v) is 6.14. The van der Waals surface area contributed by atoms with Crippen LogP contribution in [0.4, 0.5) is 0 Å². The Balaban J connectivity index is 2.01. The normalized spacial score (nSPS) is 17.0. The first-order valence-electron chi connectivity index (χ1n) is 6.72. The molecular formula is C16H11Cl3N2O2. The van der Waals surface area contributed by atoms with Crippen molar-refractivity contribution in [2.24, 2.45) is 5.10 Å². The minimum absolute atomic E-state index is 0.242. The summed E-state index contributed by atoms with van der Waals surface area (Å²) in [5.41, 5.74) is 1.20. The zero-order chi connectivity index (χ0) is 16.6. The summed E-state index contributed by atoms with van der Waals surface area (Å²) in [7, 11) is 0. The third-order valence-electron chi connectivity index (χ3n) is 3.30. The largest absolute Gasteiger partial charge is 0.446 e. The molecule has 0 spiro atoms. The van der Waals surface area contributed by atoms with Crippen molar-refractivity contribution in [3.63, 3.8) is 0 Å². The second-order valence-electron chi connectivity index (χ2n) is 4.88. The van der Waals surface area contributed by atoms with Gasteiger partial charge in [0.05, 0.1) is 10.6 Å². The highest BCUT2D eigenvalue weighted by atomic mass is 35.5. The molecule has 118 valence electrons. The highest BCUT2D eigenvalue weighted by Gasteiger charge is 2.34. The summed E-state index contributed by atoms with van der Waals surface area (Å²) < 4.78 is 5.85. The Hall–Kier alpha value is -1.75. The molecule has 7 heteroatoms. The molecule has 0 aliphatic carbocycles. The molecule has 0 aromatic heterocycles. The number of hydrogen-bond acceptors (Lipinski definition) is 3. The Morgan fingerprint density at radius 2 is 1.87 bits per heavy atom. The van der Waals surface area contributed by atoms with Crippen LogP contribution in [-0.4, -0.2) is 16.8 Å². The number of benzene rings is 2. The van der Waals surface area contributed by atoms with E-state index in [1.54, 1.807) is 36.4 Å². The maximum Gasteiger partial charge on any atom is 0.243 e. The molecule has 2 aromatic rings. The number of ether oxygens (including phenoxy) is 1. The topological polar surface area (TPSA) is 41.9 Å². The van der Waals surface area contributed by atoms with Crippen LogP contribution in [0.15, 0.2) is 47.6 Å². The van der Waals surface area contributed by atoms with Gasteiger partial charge in [-0.1, -0.05) is 53.0 Å². The van der Waals surface area contributed by atoms with E-state index in [4.69, 9.17) is 39.5 Å². The molecule has 3 rings (SSSR count). The summed E-state index contributed by atoms with van der Waals surface area (Å²) in [6.45, 7) is 1.41. The number of rotatable bonds is 2. The maximum absolute atomic E-state index is 11.9. The number of carbonyl (C=O) groups excluding carboxylic acids is 1. The smallest absolute Gasteiger partial charge is 0.243 e. The fraction of sp³-hybridized carbons (Fsp3) is 0.125. The molecule has 1 amide bonds. The Morgan fingerprint density at radius 3 is 2.52 bits per heavy atom. The molecule has 1 aliphatic heterocycles. The molecule has 4 nitrogen and oxygen atoms in total. The summed E-state index contributed by atoms with van der Waals surface area (Å²) in [5.74, 6) is -0.0261. The first-order chi connectivity index (χ1) is 11.0. The Labute approximate surface area is 148 Å². The predicted molar refractivity (Wildman–Crippen MR) is 90.8 cm³/mol. The van der Waals surface area contributed by atoms with Crippen molar-refractivity contribution in [2.45, 2.75) is 13.2 Å². The molecule has 0 unspecified atom stereocenters. The van der Waals surface area contributed by atoms with Crippen LogP contribution < -0.4 is 0 Å². The molecule has 0 saturated carbocycles. The van der Waals surface area contributed by atoms with Crippen LogP contribution in [0.2, 0.25) is 15.1 Å². The van der Waals surface area contributed by atoms with E-state index in [9.17, 15) is 4.79 Å². The van der Waals surface area contributed by atoms with Gasteiger partial charge in [-0.05, 0) is 24.3 Å². The quantitative estimate of drug-likeness (QED) is 0.756. The second kappa shape index (κ2) is 6.40. The number of nitrogens with zero attached hydrogens (tertiary/aromatic N) is 2. The van der Waals surface area contributed by atoms with Gasteiger partial charge < -0.3 is 4.74 Å². The number of carbonyl (C=O) groups is 1. The predicted octanol–water partition coefficient (Wildman–Crippen LogP) is 4.89. The molecular weight excluding hydrogens is 359 g/mol. The summed E-state index contributed by atoms with van der Waals surface area (Å²) in [6, 6.07) is 12.1. The van der Waals surface area contributed by atoms with Crippen molar-refractivity contribution in [3.8, 4) is 0 Å². The SMILES string of the molecule is CC(=O)N1N=C(c2ccc(Cl)cc2Cl)O[C@H]1c1ccccc1Cl. The van der Waals surface area contributed by atoms with Gasteiger partial charge in [0.1, 0.15) is 0 Å². The van der Waals surface area contributed by atoms with E-state index < -0.39 is 6.23 Å². The average Bonchev–Trinajstić information content (AvgIpc) is 2.92. The minimum Gasteiger partial charge on any atom is -0.446 e. The summed E-state index contributed by atoms with van der Waals surface area (Å²) in [6.07, 6.45) is -0.733. The molecule has 0 bridgehead atoms. The van der Waals surface area contributed by atoms with Gasteiger partial charge in [0.25, 0.3) is 0 Å². The lowest BCUT2D eigenvalue weighted by atomic mass is 10.2. The Kier molecular flexibility index (Phi) is 4.48. The van der Waals surface area contributed by atoms with Crippen LogP contribution >= 0.6 is 34.8 Å². The molecule has 0 saturated heterocycles. The first kappa shape index (κ1) is 16.1. The van der Waals surface area contributed by atoms with E-state index in [1.807, 2.05) is 6.07 Å². The van der Waals surface area contributed by atoms with Crippen molar-refractivity contribution >= 4 is 46.6 Å². The van der Waals surface area contributed by atoms with Crippen LogP contribution in [0.1, 0.15) is 24.3 Å². The number of hydrazone groups is 1. The van der Waals surface area contributed by atoms with Gasteiger partial charge in [-0.25, -0.2) is 0 Å². The van der Waals surface area contributed by atoms with Gasteiger partial charge in [-0.2, -0.15) is 5.01 Å². The van der Waals surface area contributed by atoms with E-state index in [2.05, 4.69) is 5.10 Å². The summed E-state index contributed by atoms with van der Waals surface area (Å²) >= 11 is 18.3. The van der Waals surface area contributed by atoms with Crippen LogP contribution in [0.5, 0.6) is 0 Å². The lowest BCUT2D eigenvalue weighted by Gasteiger charge is -2.20. The van der Waals surface area contributed by atoms with Gasteiger partial charge in [-0.3, -0.25) is 4.79 Å². The number of halogens is 3. The zero-order valence-corrected chi connectivity index (χ0v) is 14.2. The lowest BCUT2D eigenvalue weighted by molar-refractivity contribution is -0.135. The molecule has 0 fully saturated rings. The van der Waals surface area contributed by atoms with Crippen LogP contribution in [0.25, 0.3) is 0 Å². The van der Waals surface area contributed by atoms with Gasteiger partial charge in [0, 0.05) is 22.5 Å². The molecule has 2 aromatic carbocycles. The lowest BCUT2D eigenvalue weighted by Crippen LogP contribution is -2.25. The standard InChI is InChI=1S/C16H11Cl3N2O2/c1-9(22)21-16(12-4-2-3-5-13(12)18)23-15(20-21)11-7-6-10(17)8-14(11)19/h2-8,16H,1H3/t16-/m0/s1. The maximum atomic E-state index is 11.9. The van der Waals surface area contributed by atoms with Gasteiger partial charge in [0.15, 0.2) is 0 Å². The van der Waals surface area contributed by atoms with E-state index in [-0.39, 0.29) is 11.8 Å². The van der Waals surface area contributed by atoms with E-state index in [0.717, 1.165) is 0 Å². The fourth-order valence-electron chi connectivity index (χ4n) is 2.22. The van der Waals surface area contributed by atoms with E-state index in [1.165, 1.54) is 11.9 Å². The first-order valence-corrected chi connectivity index (χ1v) is 7.85. The van der Waals surface area contributed by atoms with Crippen LogP contribution in [-0.2, 0) is 9.53 Å². The molecule has 1 atom stereocenters. The zero-order valence-electron chi connectivity index (χ0n) is 12.0. The number of amides is 1. The highest BCUT2D eigenvalue weighted by Crippen LogP contribution is 2.35. The summed E-state index contributed by atoms with van der Waals surface area (Å²) in [5, 5.41) is 6.86. The Morgan fingerprint density at radius 1 is 1.13 bits per heavy atom. The number of hydrogen-bond donors (Lipinski definition) is 0. The summed E-state index contributed by atoms with van der Waals surface area (Å²) in [4.78, 5) is 11.9. The van der Waals surface area contributed by atoms with Crippen LogP contribution in [0.3, 0.4) is 0 Å². The molecule has 0 N–H and O–H groups in total. The van der Waals surface area contributed by atoms with Gasteiger partial charge >= 0.3 is 0 Å². The fourth-order valence-corrected chi connectivity index (χ4v) is 2.93. The van der Waals surface area contributed by atoms with Crippen molar-refractivity contribution in [1.29, 1.82) is 0 Å². The third-order valence-corrected chi connectivity index (χ3v) is 4.19. The van der Waals surface area contributed by atoms with Crippen molar-refractivity contribution < 1.29 is 9.53 Å². The Bertz CT molecular complexity index is 808. The minimum atomic E-state index is -0.733. The molecule has 23 heavy (non-hydrogen) atoms. The van der Waals surface area contributed by atoms with Gasteiger partial charge in [0.2, 0.25) is 18.0 Å². The van der Waals surface area contributed by atoms with Crippen molar-refractivity contribution in [3.05, 3.63) is 68.7 Å². The highest BCUT2D eigenvalue weighted by molar-refractivity contribution is 6.36. The molecule has 1 heterocycles. The molecule has 0 radical (unpaired) electrons. The van der Waals surface area contributed by atoms with Crippen LogP contribution in [0, 0.1) is 0 Å². The molecule has 1 aliphatic rings.